The van der Waals surface area contributed by atoms with Gasteiger partial charge in [0, 0.05) is 19.6 Å². The molecule has 1 aromatic rings. The van der Waals surface area contributed by atoms with Crippen molar-refractivity contribution < 1.29 is 9.84 Å². The molecule has 0 amide bonds. The van der Waals surface area contributed by atoms with Crippen LogP contribution in [0.15, 0.2) is 0 Å². The highest BCUT2D eigenvalue weighted by atomic mass is 35.5. The highest BCUT2D eigenvalue weighted by Gasteiger charge is 2.23. The Hall–Kier alpha value is -0.580. The van der Waals surface area contributed by atoms with Crippen LogP contribution in [0.5, 0.6) is 0 Å². The summed E-state index contributed by atoms with van der Waals surface area (Å²) in [7, 11) is 0. The molecule has 2 atom stereocenters. The Balaban J connectivity index is 2.82. The fourth-order valence-corrected chi connectivity index (χ4v) is 2.49. The summed E-state index contributed by atoms with van der Waals surface area (Å²) >= 11 is 6.26. The number of rotatable bonds is 8. The number of hydrogen-bond acceptors (Lipinski definition) is 3. The zero-order valence-electron chi connectivity index (χ0n) is 12.3. The molecule has 0 aromatic carbocycles. The van der Waals surface area contributed by atoms with Gasteiger partial charge in [-0.3, -0.25) is 4.68 Å². The number of nitrogens with zero attached hydrogens (tertiary/aromatic N) is 2. The van der Waals surface area contributed by atoms with E-state index in [0.29, 0.717) is 18.1 Å². The summed E-state index contributed by atoms with van der Waals surface area (Å²) in [6.45, 7) is 9.31. The topological polar surface area (TPSA) is 47.3 Å². The van der Waals surface area contributed by atoms with E-state index in [1.807, 2.05) is 25.5 Å². The first kappa shape index (κ1) is 16.5. The van der Waals surface area contributed by atoms with Gasteiger partial charge in [0.2, 0.25) is 0 Å². The number of aliphatic hydroxyl groups is 1. The summed E-state index contributed by atoms with van der Waals surface area (Å²) in [5.74, 6) is 0. The van der Waals surface area contributed by atoms with Gasteiger partial charge >= 0.3 is 0 Å². The van der Waals surface area contributed by atoms with Gasteiger partial charge < -0.3 is 9.84 Å². The van der Waals surface area contributed by atoms with Crippen LogP contribution in [0.3, 0.4) is 0 Å². The molecule has 2 unspecified atom stereocenters. The average Bonchev–Trinajstić information content (AvgIpc) is 2.66. The third kappa shape index (κ3) is 4.20. The SMILES string of the molecule is CCCC(OCC)C(O)Cc1c(Cl)c(C)nn1CC. The van der Waals surface area contributed by atoms with Crippen molar-refractivity contribution in [1.29, 1.82) is 0 Å². The lowest BCUT2D eigenvalue weighted by molar-refractivity contribution is -0.0370. The van der Waals surface area contributed by atoms with Crippen molar-refractivity contribution in [3.63, 3.8) is 0 Å². The van der Waals surface area contributed by atoms with E-state index in [1.165, 1.54) is 0 Å². The van der Waals surface area contributed by atoms with Gasteiger partial charge in [-0.05, 0) is 27.2 Å². The van der Waals surface area contributed by atoms with Gasteiger partial charge in [0.25, 0.3) is 0 Å². The zero-order chi connectivity index (χ0) is 14.4. The molecule has 0 aliphatic heterocycles. The van der Waals surface area contributed by atoms with Gasteiger partial charge in [0.15, 0.2) is 0 Å². The first-order valence-corrected chi connectivity index (χ1v) is 7.44. The second-order valence-electron chi connectivity index (χ2n) is 4.72. The van der Waals surface area contributed by atoms with E-state index in [2.05, 4.69) is 12.0 Å². The van der Waals surface area contributed by atoms with Crippen LogP contribution in [0.4, 0.5) is 0 Å². The predicted molar refractivity (Wildman–Crippen MR) is 77.7 cm³/mol. The van der Waals surface area contributed by atoms with Crippen LogP contribution >= 0.6 is 11.6 Å². The van der Waals surface area contributed by atoms with Gasteiger partial charge in [0.1, 0.15) is 0 Å². The summed E-state index contributed by atoms with van der Waals surface area (Å²) in [6, 6.07) is 0. The van der Waals surface area contributed by atoms with E-state index < -0.39 is 6.10 Å². The van der Waals surface area contributed by atoms with E-state index in [1.54, 1.807) is 0 Å². The van der Waals surface area contributed by atoms with Crippen molar-refractivity contribution in [2.75, 3.05) is 6.61 Å². The van der Waals surface area contributed by atoms with Crippen molar-refractivity contribution in [2.24, 2.45) is 0 Å². The van der Waals surface area contributed by atoms with Crippen LogP contribution in [0.2, 0.25) is 5.02 Å². The molecule has 0 saturated heterocycles. The maximum atomic E-state index is 10.4. The molecule has 110 valence electrons. The summed E-state index contributed by atoms with van der Waals surface area (Å²) in [5.41, 5.74) is 1.71. The van der Waals surface area contributed by atoms with E-state index >= 15 is 0 Å². The molecule has 0 spiro atoms. The third-order valence-corrected chi connectivity index (χ3v) is 3.73. The molecule has 1 aromatic heterocycles. The molecule has 0 fully saturated rings. The van der Waals surface area contributed by atoms with E-state index in [0.717, 1.165) is 30.8 Å². The Kier molecular flexibility index (Phi) is 6.83. The second-order valence-corrected chi connectivity index (χ2v) is 5.09. The van der Waals surface area contributed by atoms with Gasteiger partial charge in [-0.1, -0.05) is 24.9 Å². The quantitative estimate of drug-likeness (QED) is 0.800. The average molecular weight is 289 g/mol. The number of hydrogen-bond donors (Lipinski definition) is 1. The van der Waals surface area contributed by atoms with Gasteiger partial charge in [-0.15, -0.1) is 0 Å². The molecule has 0 aliphatic carbocycles. The molecule has 1 rings (SSSR count). The molecule has 1 N–H and O–H groups in total. The van der Waals surface area contributed by atoms with Gasteiger partial charge in [-0.25, -0.2) is 0 Å². The molecule has 0 saturated carbocycles. The molecule has 1 heterocycles. The van der Waals surface area contributed by atoms with Crippen LogP contribution in [0.25, 0.3) is 0 Å². The number of halogens is 1. The Morgan fingerprint density at radius 1 is 1.37 bits per heavy atom. The Morgan fingerprint density at radius 3 is 2.58 bits per heavy atom. The molecule has 5 heteroatoms. The van der Waals surface area contributed by atoms with E-state index in [-0.39, 0.29) is 6.10 Å². The fourth-order valence-electron chi connectivity index (χ4n) is 2.28. The lowest BCUT2D eigenvalue weighted by Crippen LogP contribution is -2.31. The smallest absolute Gasteiger partial charge is 0.0857 e. The van der Waals surface area contributed by atoms with Crippen LogP contribution in [-0.4, -0.2) is 33.7 Å². The second kappa shape index (κ2) is 7.88. The fraction of sp³-hybridized carbons (Fsp3) is 0.786. The van der Waals surface area contributed by atoms with Gasteiger partial charge in [-0.2, -0.15) is 5.10 Å². The maximum Gasteiger partial charge on any atom is 0.0857 e. The molecule has 19 heavy (non-hydrogen) atoms. The lowest BCUT2D eigenvalue weighted by Gasteiger charge is -2.22. The normalized spacial score (nSPS) is 14.6. The van der Waals surface area contributed by atoms with Crippen LogP contribution < -0.4 is 0 Å². The van der Waals surface area contributed by atoms with Crippen LogP contribution in [0, 0.1) is 6.92 Å². The maximum absolute atomic E-state index is 10.4. The number of aromatic nitrogens is 2. The largest absolute Gasteiger partial charge is 0.390 e. The highest BCUT2D eigenvalue weighted by Crippen LogP contribution is 2.23. The highest BCUT2D eigenvalue weighted by molar-refractivity contribution is 6.31. The van der Waals surface area contributed by atoms with E-state index in [4.69, 9.17) is 16.3 Å². The van der Waals surface area contributed by atoms with E-state index in [9.17, 15) is 5.11 Å². The molecule has 4 nitrogen and oxygen atoms in total. The summed E-state index contributed by atoms with van der Waals surface area (Å²) < 4.78 is 7.47. The minimum atomic E-state index is -0.543. The number of aliphatic hydroxyl groups excluding tert-OH is 1. The van der Waals surface area contributed by atoms with Crippen LogP contribution in [0.1, 0.15) is 45.0 Å². The summed E-state index contributed by atoms with van der Waals surface area (Å²) in [4.78, 5) is 0. The molecular weight excluding hydrogens is 264 g/mol. The minimum Gasteiger partial charge on any atom is -0.390 e. The Bertz CT molecular complexity index is 387. The first-order chi connectivity index (χ1) is 9.04. The molecular formula is C14H25ClN2O2. The summed E-state index contributed by atoms with van der Waals surface area (Å²) in [6.07, 6.45) is 1.65. The van der Waals surface area contributed by atoms with Crippen molar-refractivity contribution in [3.8, 4) is 0 Å². The lowest BCUT2D eigenvalue weighted by atomic mass is 10.0. The van der Waals surface area contributed by atoms with Crippen molar-refractivity contribution in [3.05, 3.63) is 16.4 Å². The van der Waals surface area contributed by atoms with Crippen molar-refractivity contribution >= 4 is 11.6 Å². The Labute approximate surface area is 120 Å². The first-order valence-electron chi connectivity index (χ1n) is 7.06. The predicted octanol–water partition coefficient (Wildman–Crippen LogP) is 2.97. The monoisotopic (exact) mass is 288 g/mol. The number of ether oxygens (including phenoxy) is 1. The zero-order valence-corrected chi connectivity index (χ0v) is 13.1. The third-order valence-electron chi connectivity index (χ3n) is 3.24. The Morgan fingerprint density at radius 2 is 2.05 bits per heavy atom. The standard InChI is InChI=1S/C14H25ClN2O2/c1-5-8-13(19-7-3)12(18)9-11-14(15)10(4)16-17(11)6-2/h12-13,18H,5-9H2,1-4H3. The summed E-state index contributed by atoms with van der Waals surface area (Å²) in [5, 5.41) is 15.4. The number of aryl methyl sites for hydroxylation is 2. The van der Waals surface area contributed by atoms with Crippen molar-refractivity contribution in [2.45, 2.75) is 65.7 Å². The molecule has 0 bridgehead atoms. The molecule has 0 aliphatic rings. The minimum absolute atomic E-state index is 0.133. The van der Waals surface area contributed by atoms with Gasteiger partial charge in [0.05, 0.1) is 28.6 Å². The van der Waals surface area contributed by atoms with Crippen molar-refractivity contribution in [1.82, 2.24) is 9.78 Å². The van der Waals surface area contributed by atoms with Crippen LogP contribution in [-0.2, 0) is 17.7 Å². The molecule has 0 radical (unpaired) electrons.